The van der Waals surface area contributed by atoms with Crippen LogP contribution in [0.1, 0.15) is 5.56 Å². The average Bonchev–Trinajstić information content (AvgIpc) is 1.99. The van der Waals surface area contributed by atoms with Crippen LogP contribution < -0.4 is 0 Å². The number of hydrogen-bond acceptors (Lipinski definition) is 4. The number of phenols is 1. The first-order valence-electron chi connectivity index (χ1n) is 3.79. The highest BCUT2D eigenvalue weighted by atomic mass is 35.7. The van der Waals surface area contributed by atoms with Crippen LogP contribution in [0.5, 0.6) is 5.75 Å². The van der Waals surface area contributed by atoms with E-state index in [0.717, 1.165) is 18.2 Å². The molecule has 0 aliphatic carbocycles. The molecule has 0 fully saturated rings. The molecule has 82 valence electrons. The Morgan fingerprint density at radius 1 is 1.40 bits per heavy atom. The zero-order chi connectivity index (χ0) is 11.6. The van der Waals surface area contributed by atoms with Crippen molar-refractivity contribution >= 4 is 25.7 Å². The summed E-state index contributed by atoms with van der Waals surface area (Å²) in [5, 5.41) is 17.6. The van der Waals surface area contributed by atoms with E-state index in [1.165, 1.54) is 0 Å². The molecule has 0 unspecified atom stereocenters. The van der Waals surface area contributed by atoms with Crippen molar-refractivity contribution in [1.82, 2.24) is 0 Å². The van der Waals surface area contributed by atoms with Crippen LogP contribution in [-0.2, 0) is 20.3 Å². The Balaban J connectivity index is 3.33. The van der Waals surface area contributed by atoms with E-state index in [1.54, 1.807) is 0 Å². The molecule has 0 heterocycles. The summed E-state index contributed by atoms with van der Waals surface area (Å²) in [6, 6.07) is 3.25. The van der Waals surface area contributed by atoms with Gasteiger partial charge >= 0.3 is 5.97 Å². The first kappa shape index (κ1) is 11.8. The Morgan fingerprint density at radius 3 is 2.47 bits per heavy atom. The summed E-state index contributed by atoms with van der Waals surface area (Å²) >= 11 is 0. The first-order chi connectivity index (χ1) is 6.80. The third kappa shape index (κ3) is 3.10. The highest BCUT2D eigenvalue weighted by Crippen LogP contribution is 2.24. The minimum Gasteiger partial charge on any atom is -0.508 e. The Morgan fingerprint density at radius 2 is 2.00 bits per heavy atom. The van der Waals surface area contributed by atoms with Crippen LogP contribution in [0.2, 0.25) is 0 Å². The minimum absolute atomic E-state index is 0.0440. The molecule has 1 aromatic rings. The normalized spacial score (nSPS) is 11.3. The van der Waals surface area contributed by atoms with Gasteiger partial charge in [0, 0.05) is 10.7 Å². The summed E-state index contributed by atoms with van der Waals surface area (Å²) in [4.78, 5) is 10.1. The molecule has 0 aromatic heterocycles. The fourth-order valence-corrected chi connectivity index (χ4v) is 2.23. The molecule has 0 saturated heterocycles. The second-order valence-corrected chi connectivity index (χ2v) is 5.33. The maximum Gasteiger partial charge on any atom is 0.307 e. The summed E-state index contributed by atoms with van der Waals surface area (Å²) < 4.78 is 22.1. The van der Waals surface area contributed by atoms with Crippen molar-refractivity contribution in [3.8, 4) is 5.75 Å². The number of aromatic hydroxyl groups is 1. The molecule has 0 saturated carbocycles. The van der Waals surface area contributed by atoms with Crippen molar-refractivity contribution in [3.05, 3.63) is 23.8 Å². The van der Waals surface area contributed by atoms with Gasteiger partial charge in [-0.05, 0) is 23.8 Å². The van der Waals surface area contributed by atoms with Gasteiger partial charge in [0.15, 0.2) is 0 Å². The van der Waals surface area contributed by atoms with Crippen molar-refractivity contribution in [3.63, 3.8) is 0 Å². The molecule has 7 heteroatoms. The number of aliphatic carboxylic acids is 1. The summed E-state index contributed by atoms with van der Waals surface area (Å²) in [6.45, 7) is 0. The van der Waals surface area contributed by atoms with Crippen molar-refractivity contribution in [2.45, 2.75) is 11.3 Å². The first-order valence-corrected chi connectivity index (χ1v) is 6.10. The van der Waals surface area contributed by atoms with E-state index in [9.17, 15) is 13.2 Å². The topological polar surface area (TPSA) is 91.7 Å². The number of phenolic OH excluding ortho intramolecular Hbond substituents is 1. The number of halogens is 1. The monoisotopic (exact) mass is 250 g/mol. The zero-order valence-corrected chi connectivity index (χ0v) is 8.92. The SMILES string of the molecule is O=C(O)Cc1cc(O)ccc1S(=O)(=O)Cl. The molecule has 0 spiro atoms. The van der Waals surface area contributed by atoms with Gasteiger partial charge in [0.05, 0.1) is 11.3 Å². The molecule has 5 nitrogen and oxygen atoms in total. The van der Waals surface area contributed by atoms with Gasteiger partial charge in [0.2, 0.25) is 0 Å². The van der Waals surface area contributed by atoms with Gasteiger partial charge in [0.1, 0.15) is 5.75 Å². The van der Waals surface area contributed by atoms with Gasteiger partial charge in [-0.3, -0.25) is 4.79 Å². The minimum atomic E-state index is -4.00. The summed E-state index contributed by atoms with van der Waals surface area (Å²) in [5.74, 6) is -1.42. The van der Waals surface area contributed by atoms with Crippen molar-refractivity contribution in [2.75, 3.05) is 0 Å². The number of rotatable bonds is 3. The molecule has 0 radical (unpaired) electrons. The largest absolute Gasteiger partial charge is 0.508 e. The second kappa shape index (κ2) is 4.08. The van der Waals surface area contributed by atoms with Gasteiger partial charge in [-0.15, -0.1) is 0 Å². The number of carboxylic acids is 1. The van der Waals surface area contributed by atoms with Crippen LogP contribution >= 0.6 is 10.7 Å². The molecule has 2 N–H and O–H groups in total. The third-order valence-corrected chi connectivity index (χ3v) is 3.07. The fourth-order valence-electron chi connectivity index (χ4n) is 1.10. The fraction of sp³-hybridized carbons (Fsp3) is 0.125. The Kier molecular flexibility index (Phi) is 3.21. The van der Waals surface area contributed by atoms with E-state index < -0.39 is 21.4 Å². The molecule has 1 rings (SSSR count). The Bertz CT molecular complexity index is 494. The Hall–Kier alpha value is -1.27. The van der Waals surface area contributed by atoms with E-state index in [4.69, 9.17) is 20.9 Å². The number of benzene rings is 1. The maximum absolute atomic E-state index is 11.0. The molecule has 1 aromatic carbocycles. The van der Waals surface area contributed by atoms with E-state index in [0.29, 0.717) is 0 Å². The van der Waals surface area contributed by atoms with E-state index in [-0.39, 0.29) is 16.2 Å². The molecule has 15 heavy (non-hydrogen) atoms. The number of hydrogen-bond donors (Lipinski definition) is 2. The predicted molar refractivity (Wildman–Crippen MR) is 52.5 cm³/mol. The second-order valence-electron chi connectivity index (χ2n) is 2.80. The van der Waals surface area contributed by atoms with Crippen LogP contribution in [0.25, 0.3) is 0 Å². The zero-order valence-electron chi connectivity index (χ0n) is 7.34. The van der Waals surface area contributed by atoms with Crippen LogP contribution in [0, 0.1) is 0 Å². The molecule has 0 bridgehead atoms. The average molecular weight is 251 g/mol. The van der Waals surface area contributed by atoms with E-state index in [1.807, 2.05) is 0 Å². The lowest BCUT2D eigenvalue weighted by molar-refractivity contribution is -0.136. The molecule has 0 atom stereocenters. The van der Waals surface area contributed by atoms with Crippen LogP contribution in [0.3, 0.4) is 0 Å². The highest BCUT2D eigenvalue weighted by molar-refractivity contribution is 8.13. The molecular weight excluding hydrogens is 244 g/mol. The van der Waals surface area contributed by atoms with Crippen LogP contribution in [0.15, 0.2) is 23.1 Å². The van der Waals surface area contributed by atoms with E-state index >= 15 is 0 Å². The molecular formula is C8H7ClO5S. The maximum atomic E-state index is 11.0. The van der Waals surface area contributed by atoms with Crippen molar-refractivity contribution in [1.29, 1.82) is 0 Å². The lowest BCUT2D eigenvalue weighted by Crippen LogP contribution is -2.05. The quantitative estimate of drug-likeness (QED) is 0.779. The lowest BCUT2D eigenvalue weighted by Gasteiger charge is -2.04. The van der Waals surface area contributed by atoms with Crippen molar-refractivity contribution in [2.24, 2.45) is 0 Å². The third-order valence-electron chi connectivity index (χ3n) is 1.65. The van der Waals surface area contributed by atoms with E-state index in [2.05, 4.69) is 0 Å². The number of carboxylic acid groups (broad SMARTS) is 1. The van der Waals surface area contributed by atoms with Gasteiger partial charge in [-0.2, -0.15) is 0 Å². The lowest BCUT2D eigenvalue weighted by atomic mass is 10.1. The number of carbonyl (C=O) groups is 1. The molecule has 0 aliphatic rings. The van der Waals surface area contributed by atoms with Crippen molar-refractivity contribution < 1.29 is 23.4 Å². The Labute approximate surface area is 90.3 Å². The highest BCUT2D eigenvalue weighted by Gasteiger charge is 2.17. The summed E-state index contributed by atoms with van der Waals surface area (Å²) in [7, 11) is 1.10. The van der Waals surface area contributed by atoms with Gasteiger partial charge < -0.3 is 10.2 Å². The summed E-state index contributed by atoms with van der Waals surface area (Å²) in [5.41, 5.74) is -0.0440. The molecule has 0 amide bonds. The van der Waals surface area contributed by atoms with Crippen LogP contribution in [-0.4, -0.2) is 24.6 Å². The van der Waals surface area contributed by atoms with Crippen LogP contribution in [0.4, 0.5) is 0 Å². The van der Waals surface area contributed by atoms with Gasteiger partial charge in [0.25, 0.3) is 9.05 Å². The van der Waals surface area contributed by atoms with Gasteiger partial charge in [-0.25, -0.2) is 8.42 Å². The summed E-state index contributed by atoms with van der Waals surface area (Å²) in [6.07, 6.45) is -0.518. The van der Waals surface area contributed by atoms with Gasteiger partial charge in [-0.1, -0.05) is 0 Å². The smallest absolute Gasteiger partial charge is 0.307 e. The standard InChI is InChI=1S/C8H7ClO5S/c9-15(13,14)7-2-1-6(10)3-5(7)4-8(11)12/h1-3,10H,4H2,(H,11,12). The molecule has 0 aliphatic heterocycles. The predicted octanol–water partition coefficient (Wildman–Crippen LogP) is 0.947.